The van der Waals surface area contributed by atoms with Crippen molar-refractivity contribution in [3.8, 4) is 11.3 Å². The van der Waals surface area contributed by atoms with Crippen LogP contribution in [-0.2, 0) is 6.30 Å². The second-order valence-corrected chi connectivity index (χ2v) is 6.67. The van der Waals surface area contributed by atoms with E-state index in [0.717, 1.165) is 18.0 Å². The van der Waals surface area contributed by atoms with E-state index in [4.69, 9.17) is 0 Å². The lowest BCUT2D eigenvalue weighted by molar-refractivity contribution is -0.210. The minimum Gasteiger partial charge on any atom is -0.353 e. The van der Waals surface area contributed by atoms with E-state index in [2.05, 4.69) is 10.00 Å². The van der Waals surface area contributed by atoms with E-state index in [1.165, 1.54) is 6.07 Å². The monoisotopic (exact) mass is 356 g/mol. The van der Waals surface area contributed by atoms with Crippen LogP contribution in [0.2, 0.25) is 0 Å². The van der Waals surface area contributed by atoms with Gasteiger partial charge in [0.05, 0.1) is 5.69 Å². The zero-order valence-electron chi connectivity index (χ0n) is 13.5. The lowest BCUT2D eigenvalue weighted by Crippen LogP contribution is -2.44. The third kappa shape index (κ3) is 3.54. The highest BCUT2D eigenvalue weighted by molar-refractivity contribution is 7.98. The molecule has 1 aliphatic rings. The summed E-state index contributed by atoms with van der Waals surface area (Å²) in [4.78, 5) is 5.07. The number of hydrogen-bond acceptors (Lipinski definition) is 4. The van der Waals surface area contributed by atoms with Gasteiger partial charge in [0.2, 0.25) is 0 Å². The summed E-state index contributed by atoms with van der Waals surface area (Å²) in [7, 11) is 2.00. The molecule has 4 nitrogen and oxygen atoms in total. The van der Waals surface area contributed by atoms with Crippen LogP contribution in [0, 0.1) is 0 Å². The predicted molar refractivity (Wildman–Crippen MR) is 90.5 cm³/mol. The van der Waals surface area contributed by atoms with Crippen molar-refractivity contribution in [1.29, 1.82) is 0 Å². The molecule has 1 fully saturated rings. The fourth-order valence-corrected chi connectivity index (χ4v) is 3.13. The molecule has 2 heterocycles. The number of aromatic nitrogens is 2. The first-order chi connectivity index (χ1) is 11.4. The first kappa shape index (κ1) is 17.2. The third-order valence-electron chi connectivity index (χ3n) is 4.15. The molecule has 0 saturated carbocycles. The molecule has 8 heteroatoms. The fourth-order valence-electron chi connectivity index (χ4n) is 2.72. The Bertz CT molecular complexity index is 688. The number of hydrogen-bond donors (Lipinski definition) is 0. The van der Waals surface area contributed by atoms with Crippen LogP contribution in [0.3, 0.4) is 0 Å². The van der Waals surface area contributed by atoms with E-state index < -0.39 is 6.30 Å². The Labute approximate surface area is 143 Å². The molecular formula is C16H19F3N4S. The molecule has 0 spiro atoms. The van der Waals surface area contributed by atoms with Crippen LogP contribution >= 0.6 is 11.8 Å². The number of piperazine rings is 1. The van der Waals surface area contributed by atoms with Gasteiger partial charge in [-0.05, 0) is 25.4 Å². The molecule has 130 valence electrons. The lowest BCUT2D eigenvalue weighted by atomic mass is 10.1. The van der Waals surface area contributed by atoms with Crippen LogP contribution in [0.1, 0.15) is 0 Å². The Morgan fingerprint density at radius 1 is 1.04 bits per heavy atom. The maximum absolute atomic E-state index is 13.4. The highest BCUT2D eigenvalue weighted by Gasteiger charge is 2.36. The zero-order chi connectivity index (χ0) is 17.3. The number of halogens is 3. The summed E-state index contributed by atoms with van der Waals surface area (Å²) in [5.41, 5.74) is 0.585. The number of anilines is 1. The predicted octanol–water partition coefficient (Wildman–Crippen LogP) is 3.50. The van der Waals surface area contributed by atoms with E-state index in [-0.39, 0.29) is 10.4 Å². The molecule has 0 atom stereocenters. The van der Waals surface area contributed by atoms with E-state index in [9.17, 15) is 13.2 Å². The van der Waals surface area contributed by atoms with E-state index >= 15 is 0 Å². The van der Waals surface area contributed by atoms with Crippen LogP contribution in [0.25, 0.3) is 11.3 Å². The van der Waals surface area contributed by atoms with Gasteiger partial charge in [-0.1, -0.05) is 12.1 Å². The van der Waals surface area contributed by atoms with Crippen LogP contribution in [0.5, 0.6) is 0 Å². The SMILES string of the molecule is CSc1ccc(-c2cc(N3CCN(C)CC3)nn2C(F)(F)F)cc1. The molecule has 2 aromatic rings. The van der Waals surface area contributed by atoms with Crippen LogP contribution in [-0.4, -0.2) is 54.2 Å². The zero-order valence-corrected chi connectivity index (χ0v) is 14.4. The number of likely N-dealkylation sites (N-methyl/N-ethyl adjacent to an activating group) is 1. The molecule has 0 bridgehead atoms. The van der Waals surface area contributed by atoms with Gasteiger partial charge >= 0.3 is 6.30 Å². The van der Waals surface area contributed by atoms with Gasteiger partial charge in [0.25, 0.3) is 0 Å². The van der Waals surface area contributed by atoms with Crippen molar-refractivity contribution in [3.63, 3.8) is 0 Å². The van der Waals surface area contributed by atoms with E-state index in [0.29, 0.717) is 24.5 Å². The summed E-state index contributed by atoms with van der Waals surface area (Å²) in [6, 6.07) is 8.59. The van der Waals surface area contributed by atoms with Gasteiger partial charge < -0.3 is 9.80 Å². The summed E-state index contributed by atoms with van der Waals surface area (Å²) < 4.78 is 40.4. The highest BCUT2D eigenvalue weighted by Crippen LogP contribution is 2.33. The van der Waals surface area contributed by atoms with Gasteiger partial charge in [-0.15, -0.1) is 30.0 Å². The Morgan fingerprint density at radius 3 is 2.21 bits per heavy atom. The molecular weight excluding hydrogens is 337 g/mol. The number of nitrogens with zero attached hydrogens (tertiary/aromatic N) is 4. The summed E-state index contributed by atoms with van der Waals surface area (Å²) in [5, 5.41) is 3.84. The number of rotatable bonds is 3. The molecule has 0 amide bonds. The average molecular weight is 356 g/mol. The Hall–Kier alpha value is -1.67. The minimum atomic E-state index is -4.54. The summed E-state index contributed by atoms with van der Waals surface area (Å²) in [6.07, 6.45) is -2.61. The Kier molecular flexibility index (Phi) is 4.78. The molecule has 1 aliphatic heterocycles. The van der Waals surface area contributed by atoms with Gasteiger partial charge in [0, 0.05) is 42.7 Å². The van der Waals surface area contributed by atoms with Crippen molar-refractivity contribution in [3.05, 3.63) is 30.3 Å². The second-order valence-electron chi connectivity index (χ2n) is 5.79. The summed E-state index contributed by atoms with van der Waals surface area (Å²) in [6.45, 7) is 2.99. The summed E-state index contributed by atoms with van der Waals surface area (Å²) >= 11 is 1.55. The Balaban J connectivity index is 1.97. The molecule has 24 heavy (non-hydrogen) atoms. The van der Waals surface area contributed by atoms with Crippen molar-refractivity contribution in [2.75, 3.05) is 44.4 Å². The van der Waals surface area contributed by atoms with Gasteiger partial charge in [-0.2, -0.15) is 4.68 Å². The van der Waals surface area contributed by atoms with Crippen LogP contribution in [0.15, 0.2) is 35.2 Å². The van der Waals surface area contributed by atoms with E-state index in [1.54, 1.807) is 23.9 Å². The van der Waals surface area contributed by atoms with Gasteiger partial charge in [-0.25, -0.2) is 0 Å². The van der Waals surface area contributed by atoms with Crippen molar-refractivity contribution in [2.24, 2.45) is 0 Å². The standard InChI is InChI=1S/C16H19F3N4S/c1-21-7-9-22(10-8-21)15-11-14(23(20-15)16(17,18)19)12-3-5-13(24-2)6-4-12/h3-6,11H,7-10H2,1-2H3. The molecule has 1 aromatic heterocycles. The normalized spacial score (nSPS) is 16.6. The quantitative estimate of drug-likeness (QED) is 0.786. The van der Waals surface area contributed by atoms with Crippen molar-refractivity contribution < 1.29 is 13.2 Å². The minimum absolute atomic E-state index is 0.0732. The van der Waals surface area contributed by atoms with Gasteiger partial charge in [0.15, 0.2) is 5.82 Å². The lowest BCUT2D eigenvalue weighted by Gasteiger charge is -2.32. The fraction of sp³-hybridized carbons (Fsp3) is 0.438. The first-order valence-electron chi connectivity index (χ1n) is 7.63. The summed E-state index contributed by atoms with van der Waals surface area (Å²) in [5.74, 6) is 0.379. The topological polar surface area (TPSA) is 24.3 Å². The van der Waals surface area contributed by atoms with E-state index in [1.807, 2.05) is 30.3 Å². The third-order valence-corrected chi connectivity index (χ3v) is 4.89. The molecule has 0 unspecified atom stereocenters. The molecule has 0 radical (unpaired) electrons. The number of benzene rings is 1. The average Bonchev–Trinajstić information content (AvgIpc) is 3.01. The van der Waals surface area contributed by atoms with Crippen LogP contribution in [0.4, 0.5) is 19.0 Å². The Morgan fingerprint density at radius 2 is 1.67 bits per heavy atom. The maximum Gasteiger partial charge on any atom is 0.505 e. The molecule has 3 rings (SSSR count). The van der Waals surface area contributed by atoms with Crippen LogP contribution < -0.4 is 4.90 Å². The molecule has 1 aromatic carbocycles. The highest BCUT2D eigenvalue weighted by atomic mass is 32.2. The number of thioether (sulfide) groups is 1. The maximum atomic E-state index is 13.4. The first-order valence-corrected chi connectivity index (χ1v) is 8.86. The molecule has 0 N–H and O–H groups in total. The van der Waals surface area contributed by atoms with Crippen molar-refractivity contribution >= 4 is 17.6 Å². The van der Waals surface area contributed by atoms with Gasteiger partial charge in [-0.3, -0.25) is 0 Å². The molecule has 1 saturated heterocycles. The van der Waals surface area contributed by atoms with Gasteiger partial charge in [0.1, 0.15) is 0 Å². The largest absolute Gasteiger partial charge is 0.505 e. The second kappa shape index (κ2) is 6.68. The molecule has 0 aliphatic carbocycles. The smallest absolute Gasteiger partial charge is 0.353 e. The number of alkyl halides is 3. The van der Waals surface area contributed by atoms with Crippen molar-refractivity contribution in [2.45, 2.75) is 11.2 Å². The van der Waals surface area contributed by atoms with Crippen molar-refractivity contribution in [1.82, 2.24) is 14.7 Å².